The number of aryl methyl sites for hydroxylation is 2. The average molecular weight is 384 g/mol. The lowest BCUT2D eigenvalue weighted by Crippen LogP contribution is -2.42. The minimum atomic E-state index is -0.0953. The SMILES string of the molecule is CCn1nc(C)c(NC(=O)CN(Cc2ccccn2)C[C@@H]2CCC(=O)N2)c1C. The molecule has 28 heavy (non-hydrogen) atoms. The third kappa shape index (κ3) is 4.95. The number of rotatable bonds is 8. The van der Waals surface area contributed by atoms with Crippen LogP contribution in [0.4, 0.5) is 5.69 Å². The molecular weight excluding hydrogens is 356 g/mol. The molecule has 150 valence electrons. The van der Waals surface area contributed by atoms with Gasteiger partial charge in [-0.15, -0.1) is 0 Å². The lowest BCUT2D eigenvalue weighted by atomic mass is 10.2. The minimum Gasteiger partial charge on any atom is -0.352 e. The summed E-state index contributed by atoms with van der Waals surface area (Å²) in [5.41, 5.74) is 3.43. The molecule has 0 unspecified atom stereocenters. The van der Waals surface area contributed by atoms with Gasteiger partial charge in [0, 0.05) is 38.3 Å². The van der Waals surface area contributed by atoms with E-state index in [1.165, 1.54) is 0 Å². The fourth-order valence-corrected chi connectivity index (χ4v) is 3.60. The van der Waals surface area contributed by atoms with E-state index in [4.69, 9.17) is 0 Å². The molecule has 1 aliphatic rings. The summed E-state index contributed by atoms with van der Waals surface area (Å²) in [4.78, 5) is 30.7. The molecule has 3 rings (SSSR count). The lowest BCUT2D eigenvalue weighted by Gasteiger charge is -2.24. The summed E-state index contributed by atoms with van der Waals surface area (Å²) in [6.45, 7) is 8.02. The highest BCUT2D eigenvalue weighted by molar-refractivity contribution is 5.93. The Balaban J connectivity index is 1.68. The standard InChI is InChI=1S/C20H28N6O2/c1-4-26-15(3)20(14(2)24-26)23-19(28)13-25(11-16-7-5-6-10-21-16)12-17-8-9-18(27)22-17/h5-7,10,17H,4,8-9,11-13H2,1-3H3,(H,22,27)(H,23,28)/t17-/m0/s1. The van der Waals surface area contributed by atoms with Gasteiger partial charge in [0.25, 0.3) is 0 Å². The number of anilines is 1. The van der Waals surface area contributed by atoms with Crippen LogP contribution in [-0.2, 0) is 22.7 Å². The fourth-order valence-electron chi connectivity index (χ4n) is 3.60. The molecular formula is C20H28N6O2. The molecule has 0 aromatic carbocycles. The monoisotopic (exact) mass is 384 g/mol. The zero-order valence-corrected chi connectivity index (χ0v) is 16.7. The van der Waals surface area contributed by atoms with Crippen molar-refractivity contribution >= 4 is 17.5 Å². The van der Waals surface area contributed by atoms with Gasteiger partial charge < -0.3 is 10.6 Å². The van der Waals surface area contributed by atoms with E-state index in [1.807, 2.05) is 48.6 Å². The fraction of sp³-hybridized carbons (Fsp3) is 0.500. The van der Waals surface area contributed by atoms with Crippen molar-refractivity contribution in [1.29, 1.82) is 0 Å². The maximum atomic E-state index is 12.8. The third-order valence-electron chi connectivity index (χ3n) is 4.99. The summed E-state index contributed by atoms with van der Waals surface area (Å²) in [6.07, 6.45) is 3.08. The molecule has 0 bridgehead atoms. The van der Waals surface area contributed by atoms with Gasteiger partial charge in [-0.25, -0.2) is 0 Å². The van der Waals surface area contributed by atoms with Crippen LogP contribution in [0, 0.1) is 13.8 Å². The molecule has 8 heteroatoms. The van der Waals surface area contributed by atoms with Gasteiger partial charge in [-0.05, 0) is 39.3 Å². The van der Waals surface area contributed by atoms with Crippen LogP contribution in [0.1, 0.15) is 36.8 Å². The Labute approximate surface area is 165 Å². The summed E-state index contributed by atoms with van der Waals surface area (Å²) >= 11 is 0. The second-order valence-corrected chi connectivity index (χ2v) is 7.20. The van der Waals surface area contributed by atoms with Crippen LogP contribution in [0.2, 0.25) is 0 Å². The van der Waals surface area contributed by atoms with E-state index in [0.29, 0.717) is 19.5 Å². The van der Waals surface area contributed by atoms with Crippen molar-refractivity contribution in [3.63, 3.8) is 0 Å². The highest BCUT2D eigenvalue weighted by Crippen LogP contribution is 2.19. The normalized spacial score (nSPS) is 16.4. The minimum absolute atomic E-state index is 0.0651. The van der Waals surface area contributed by atoms with Crippen LogP contribution in [-0.4, -0.2) is 50.6 Å². The quantitative estimate of drug-likeness (QED) is 0.722. The van der Waals surface area contributed by atoms with Gasteiger partial charge >= 0.3 is 0 Å². The molecule has 1 fully saturated rings. The van der Waals surface area contributed by atoms with Crippen LogP contribution in [0.5, 0.6) is 0 Å². The van der Waals surface area contributed by atoms with E-state index in [9.17, 15) is 9.59 Å². The van der Waals surface area contributed by atoms with Crippen molar-refractivity contribution in [2.45, 2.75) is 52.7 Å². The van der Waals surface area contributed by atoms with Crippen LogP contribution in [0.3, 0.4) is 0 Å². The molecule has 2 aromatic heterocycles. The largest absolute Gasteiger partial charge is 0.352 e. The molecule has 2 N–H and O–H groups in total. The highest BCUT2D eigenvalue weighted by Gasteiger charge is 2.25. The van der Waals surface area contributed by atoms with Gasteiger partial charge in [0.1, 0.15) is 0 Å². The second kappa shape index (κ2) is 8.97. The Bertz CT molecular complexity index is 833. The highest BCUT2D eigenvalue weighted by atomic mass is 16.2. The van der Waals surface area contributed by atoms with E-state index in [1.54, 1.807) is 6.20 Å². The van der Waals surface area contributed by atoms with Crippen molar-refractivity contribution < 1.29 is 9.59 Å². The van der Waals surface area contributed by atoms with Crippen molar-refractivity contribution in [1.82, 2.24) is 25.0 Å². The molecule has 3 heterocycles. The molecule has 1 saturated heterocycles. The van der Waals surface area contributed by atoms with Crippen molar-refractivity contribution in [2.75, 3.05) is 18.4 Å². The first-order valence-electron chi connectivity index (χ1n) is 9.71. The Morgan fingerprint density at radius 3 is 2.82 bits per heavy atom. The summed E-state index contributed by atoms with van der Waals surface area (Å²) < 4.78 is 1.88. The number of carbonyl (C=O) groups is 2. The van der Waals surface area contributed by atoms with Gasteiger partial charge in [0.2, 0.25) is 11.8 Å². The zero-order valence-electron chi connectivity index (χ0n) is 16.7. The molecule has 0 radical (unpaired) electrons. The number of hydrogen-bond donors (Lipinski definition) is 2. The maximum Gasteiger partial charge on any atom is 0.238 e. The number of carbonyl (C=O) groups excluding carboxylic acids is 2. The molecule has 0 saturated carbocycles. The first kappa shape index (κ1) is 20.0. The van der Waals surface area contributed by atoms with E-state index in [0.717, 1.165) is 35.7 Å². The Morgan fingerprint density at radius 1 is 1.39 bits per heavy atom. The summed E-state index contributed by atoms with van der Waals surface area (Å²) in [5.74, 6) is -0.0208. The first-order valence-corrected chi connectivity index (χ1v) is 9.71. The van der Waals surface area contributed by atoms with E-state index in [2.05, 4.69) is 20.7 Å². The van der Waals surface area contributed by atoms with Gasteiger partial charge in [-0.3, -0.25) is 24.2 Å². The number of hydrogen-bond acceptors (Lipinski definition) is 5. The molecule has 8 nitrogen and oxygen atoms in total. The van der Waals surface area contributed by atoms with Gasteiger partial charge in [-0.1, -0.05) is 6.07 Å². The molecule has 0 spiro atoms. The number of amides is 2. The Hall–Kier alpha value is -2.74. The van der Waals surface area contributed by atoms with Crippen LogP contribution in [0.25, 0.3) is 0 Å². The van der Waals surface area contributed by atoms with Gasteiger partial charge in [0.15, 0.2) is 0 Å². The van der Waals surface area contributed by atoms with Crippen LogP contribution < -0.4 is 10.6 Å². The van der Waals surface area contributed by atoms with E-state index in [-0.39, 0.29) is 24.4 Å². The van der Waals surface area contributed by atoms with E-state index < -0.39 is 0 Å². The lowest BCUT2D eigenvalue weighted by molar-refractivity contribution is -0.119. The summed E-state index contributed by atoms with van der Waals surface area (Å²) in [6, 6.07) is 5.81. The van der Waals surface area contributed by atoms with Crippen molar-refractivity contribution in [3.8, 4) is 0 Å². The second-order valence-electron chi connectivity index (χ2n) is 7.20. The third-order valence-corrected chi connectivity index (χ3v) is 4.99. The Morgan fingerprint density at radius 2 is 2.21 bits per heavy atom. The predicted octanol–water partition coefficient (Wildman–Crippen LogP) is 1.63. The van der Waals surface area contributed by atoms with Gasteiger partial charge in [0.05, 0.1) is 29.3 Å². The zero-order chi connectivity index (χ0) is 20.1. The van der Waals surface area contributed by atoms with Crippen molar-refractivity contribution in [3.05, 3.63) is 41.5 Å². The number of pyridine rings is 1. The smallest absolute Gasteiger partial charge is 0.238 e. The Kier molecular flexibility index (Phi) is 6.41. The van der Waals surface area contributed by atoms with Crippen molar-refractivity contribution in [2.24, 2.45) is 0 Å². The molecule has 1 atom stereocenters. The summed E-state index contributed by atoms with van der Waals surface area (Å²) in [7, 11) is 0. The number of nitrogens with zero attached hydrogens (tertiary/aromatic N) is 4. The van der Waals surface area contributed by atoms with Crippen LogP contribution >= 0.6 is 0 Å². The molecule has 1 aliphatic heterocycles. The number of nitrogens with one attached hydrogen (secondary N) is 2. The first-order chi connectivity index (χ1) is 13.5. The molecule has 2 amide bonds. The predicted molar refractivity (Wildman–Crippen MR) is 107 cm³/mol. The van der Waals surface area contributed by atoms with Gasteiger partial charge in [-0.2, -0.15) is 5.10 Å². The van der Waals surface area contributed by atoms with E-state index >= 15 is 0 Å². The van der Waals surface area contributed by atoms with Crippen LogP contribution in [0.15, 0.2) is 24.4 Å². The topological polar surface area (TPSA) is 92.2 Å². The maximum absolute atomic E-state index is 12.8. The number of aromatic nitrogens is 3. The molecule has 2 aromatic rings. The average Bonchev–Trinajstić information content (AvgIpc) is 3.19. The molecule has 0 aliphatic carbocycles. The summed E-state index contributed by atoms with van der Waals surface area (Å²) in [5, 5.41) is 10.4.